The Morgan fingerprint density at radius 2 is 2.15 bits per heavy atom. The first-order valence-corrected chi connectivity index (χ1v) is 4.27. The van der Waals surface area contributed by atoms with Crippen LogP contribution in [0, 0.1) is 5.82 Å². The molecule has 3 nitrogen and oxygen atoms in total. The highest BCUT2D eigenvalue weighted by Gasteiger charge is 2.07. The van der Waals surface area contributed by atoms with Gasteiger partial charge in [0, 0.05) is 6.07 Å². The van der Waals surface area contributed by atoms with Gasteiger partial charge in [0.2, 0.25) is 5.88 Å². The average molecular weight is 243 g/mol. The van der Waals surface area contributed by atoms with Crippen molar-refractivity contribution in [1.82, 2.24) is 9.97 Å². The summed E-state index contributed by atoms with van der Waals surface area (Å²) in [4.78, 5) is 7.55. The van der Waals surface area contributed by atoms with E-state index in [4.69, 9.17) is 5.11 Å². The first kappa shape index (κ1) is 8.37. The van der Waals surface area contributed by atoms with Crippen molar-refractivity contribution in [2.75, 3.05) is 0 Å². The molecule has 0 aromatic carbocycles. The zero-order chi connectivity index (χ0) is 9.42. The molecule has 0 saturated heterocycles. The molecule has 2 aromatic heterocycles. The first-order chi connectivity index (χ1) is 6.18. The maximum absolute atomic E-state index is 12.9. The van der Waals surface area contributed by atoms with Gasteiger partial charge in [0.15, 0.2) is 5.82 Å². The maximum Gasteiger partial charge on any atom is 0.211 e. The van der Waals surface area contributed by atoms with Crippen LogP contribution in [0.15, 0.2) is 22.8 Å². The van der Waals surface area contributed by atoms with Crippen LogP contribution >= 0.6 is 15.9 Å². The predicted molar refractivity (Wildman–Crippen MR) is 48.9 cm³/mol. The Hall–Kier alpha value is -1.23. The number of pyridine rings is 2. The Labute approximate surface area is 81.4 Å². The number of halogens is 2. The van der Waals surface area contributed by atoms with E-state index in [1.54, 1.807) is 6.07 Å². The highest BCUT2D eigenvalue weighted by atomic mass is 79.9. The van der Waals surface area contributed by atoms with Gasteiger partial charge in [0.1, 0.15) is 5.52 Å². The summed E-state index contributed by atoms with van der Waals surface area (Å²) in [6.07, 6.45) is 1.10. The Kier molecular flexibility index (Phi) is 1.88. The predicted octanol–water partition coefficient (Wildman–Crippen LogP) is 2.24. The van der Waals surface area contributed by atoms with Crippen LogP contribution in [-0.4, -0.2) is 15.1 Å². The fourth-order valence-corrected chi connectivity index (χ4v) is 1.40. The van der Waals surface area contributed by atoms with E-state index in [0.29, 0.717) is 11.0 Å². The van der Waals surface area contributed by atoms with Gasteiger partial charge in [-0.25, -0.2) is 9.37 Å². The van der Waals surface area contributed by atoms with Crippen molar-refractivity contribution in [1.29, 1.82) is 0 Å². The SMILES string of the molecule is Oc1ccc2ncc(F)c(Br)c2n1. The molecule has 0 spiro atoms. The topological polar surface area (TPSA) is 46.0 Å². The molecule has 0 aliphatic rings. The minimum Gasteiger partial charge on any atom is -0.493 e. The molecule has 2 heterocycles. The molecular formula is C8H4BrFN2O. The van der Waals surface area contributed by atoms with Gasteiger partial charge in [0.25, 0.3) is 0 Å². The number of rotatable bonds is 0. The van der Waals surface area contributed by atoms with Crippen molar-refractivity contribution in [2.24, 2.45) is 0 Å². The number of hydrogen-bond acceptors (Lipinski definition) is 3. The van der Waals surface area contributed by atoms with Crippen LogP contribution in [0.3, 0.4) is 0 Å². The van der Waals surface area contributed by atoms with E-state index in [0.717, 1.165) is 6.20 Å². The molecule has 66 valence electrons. The number of nitrogens with zero attached hydrogens (tertiary/aromatic N) is 2. The first-order valence-electron chi connectivity index (χ1n) is 3.48. The van der Waals surface area contributed by atoms with Crippen LogP contribution in [0.4, 0.5) is 4.39 Å². The van der Waals surface area contributed by atoms with Crippen LogP contribution in [0.1, 0.15) is 0 Å². The fraction of sp³-hybridized carbons (Fsp3) is 0. The molecule has 2 aromatic rings. The van der Waals surface area contributed by atoms with Gasteiger partial charge in [-0.1, -0.05) is 0 Å². The van der Waals surface area contributed by atoms with Crippen molar-refractivity contribution in [2.45, 2.75) is 0 Å². The molecule has 0 fully saturated rings. The Bertz CT molecular complexity index is 470. The lowest BCUT2D eigenvalue weighted by molar-refractivity contribution is 0.455. The third-order valence-electron chi connectivity index (χ3n) is 1.59. The van der Waals surface area contributed by atoms with Crippen LogP contribution in [0.25, 0.3) is 11.0 Å². The summed E-state index contributed by atoms with van der Waals surface area (Å²) >= 11 is 3.03. The van der Waals surface area contributed by atoms with Gasteiger partial charge < -0.3 is 5.11 Å². The van der Waals surface area contributed by atoms with E-state index in [9.17, 15) is 4.39 Å². The second kappa shape index (κ2) is 2.92. The fourth-order valence-electron chi connectivity index (χ4n) is 1.00. The van der Waals surface area contributed by atoms with E-state index in [2.05, 4.69) is 25.9 Å². The minimum absolute atomic E-state index is 0.152. The summed E-state index contributed by atoms with van der Waals surface area (Å²) in [7, 11) is 0. The standard InChI is InChI=1S/C8H4BrFN2O/c9-7-4(10)3-11-5-1-2-6(13)12-8(5)7/h1-3H,(H,12,13). The van der Waals surface area contributed by atoms with Crippen molar-refractivity contribution in [3.05, 3.63) is 28.6 Å². The van der Waals surface area contributed by atoms with Crippen LogP contribution in [0.2, 0.25) is 0 Å². The largest absolute Gasteiger partial charge is 0.493 e. The third-order valence-corrected chi connectivity index (χ3v) is 2.35. The highest BCUT2D eigenvalue weighted by molar-refractivity contribution is 9.10. The number of fused-ring (bicyclic) bond motifs is 1. The second-order valence-corrected chi connectivity index (χ2v) is 3.25. The van der Waals surface area contributed by atoms with Crippen molar-refractivity contribution in [3.63, 3.8) is 0 Å². The van der Waals surface area contributed by atoms with E-state index in [1.165, 1.54) is 6.07 Å². The third kappa shape index (κ3) is 1.35. The number of hydrogen-bond donors (Lipinski definition) is 1. The normalized spacial score (nSPS) is 10.6. The van der Waals surface area contributed by atoms with Gasteiger partial charge in [-0.15, -0.1) is 0 Å². The zero-order valence-corrected chi connectivity index (χ0v) is 7.92. The average Bonchev–Trinajstić information content (AvgIpc) is 2.12. The van der Waals surface area contributed by atoms with Gasteiger partial charge in [-0.05, 0) is 22.0 Å². The second-order valence-electron chi connectivity index (χ2n) is 2.46. The van der Waals surface area contributed by atoms with Gasteiger partial charge in [-0.3, -0.25) is 4.98 Å². The molecular weight excluding hydrogens is 239 g/mol. The van der Waals surface area contributed by atoms with Crippen molar-refractivity contribution in [3.8, 4) is 5.88 Å². The molecule has 1 N–H and O–H groups in total. The van der Waals surface area contributed by atoms with E-state index in [-0.39, 0.29) is 10.4 Å². The molecule has 2 rings (SSSR count). The van der Waals surface area contributed by atoms with Crippen molar-refractivity contribution < 1.29 is 9.50 Å². The summed E-state index contributed by atoms with van der Waals surface area (Å²) in [5, 5.41) is 9.06. The lowest BCUT2D eigenvalue weighted by Crippen LogP contribution is -1.87. The molecule has 0 radical (unpaired) electrons. The summed E-state index contributed by atoms with van der Waals surface area (Å²) < 4.78 is 13.2. The quantitative estimate of drug-likeness (QED) is 0.771. The molecule has 0 amide bonds. The molecule has 5 heteroatoms. The summed E-state index contributed by atoms with van der Waals surface area (Å²) in [5.41, 5.74) is 0.853. The molecule has 13 heavy (non-hydrogen) atoms. The summed E-state index contributed by atoms with van der Waals surface area (Å²) in [6.45, 7) is 0. The van der Waals surface area contributed by atoms with Gasteiger partial charge in [0.05, 0.1) is 16.2 Å². The molecule has 0 aliphatic heterocycles. The smallest absolute Gasteiger partial charge is 0.211 e. The van der Waals surface area contributed by atoms with E-state index in [1.807, 2.05) is 0 Å². The van der Waals surface area contributed by atoms with E-state index < -0.39 is 5.82 Å². The molecule has 0 saturated carbocycles. The van der Waals surface area contributed by atoms with E-state index >= 15 is 0 Å². The summed E-state index contributed by atoms with van der Waals surface area (Å²) in [6, 6.07) is 2.97. The lowest BCUT2D eigenvalue weighted by Gasteiger charge is -1.99. The van der Waals surface area contributed by atoms with Crippen LogP contribution in [0.5, 0.6) is 5.88 Å². The molecule has 0 bridgehead atoms. The summed E-state index contributed by atoms with van der Waals surface area (Å²) in [5.74, 6) is -0.647. The number of aromatic hydroxyl groups is 1. The maximum atomic E-state index is 12.9. The molecule has 0 unspecified atom stereocenters. The Morgan fingerprint density at radius 3 is 2.92 bits per heavy atom. The minimum atomic E-state index is -0.495. The lowest BCUT2D eigenvalue weighted by atomic mass is 10.3. The number of aromatic nitrogens is 2. The van der Waals surface area contributed by atoms with Crippen LogP contribution < -0.4 is 0 Å². The Morgan fingerprint density at radius 1 is 1.38 bits per heavy atom. The van der Waals surface area contributed by atoms with Crippen LogP contribution in [-0.2, 0) is 0 Å². The van der Waals surface area contributed by atoms with Gasteiger partial charge in [-0.2, -0.15) is 0 Å². The van der Waals surface area contributed by atoms with Gasteiger partial charge >= 0.3 is 0 Å². The monoisotopic (exact) mass is 242 g/mol. The Balaban J connectivity index is 2.89. The zero-order valence-electron chi connectivity index (χ0n) is 6.33. The molecule has 0 atom stereocenters. The van der Waals surface area contributed by atoms with Crippen molar-refractivity contribution >= 4 is 27.0 Å². The molecule has 0 aliphatic carbocycles. The highest BCUT2D eigenvalue weighted by Crippen LogP contribution is 2.24.